The molecule has 0 aliphatic carbocycles. The van der Waals surface area contributed by atoms with Crippen LogP contribution in [0.1, 0.15) is 29.0 Å². The lowest BCUT2D eigenvalue weighted by Gasteiger charge is -2.33. The fourth-order valence-corrected chi connectivity index (χ4v) is 4.66. The summed E-state index contributed by atoms with van der Waals surface area (Å²) in [5, 5.41) is 12.6. The van der Waals surface area contributed by atoms with Gasteiger partial charge in [-0.25, -0.2) is 0 Å². The maximum Gasteiger partial charge on any atom is 0.233 e. The van der Waals surface area contributed by atoms with Crippen molar-refractivity contribution in [3.63, 3.8) is 0 Å². The standard InChI is InChI=1S/C18H24N4OS2/c1-12-6-7-15(9-13(12)2)19-16-5-4-8-22(10-16)17(23)11-24-18-21-20-14(3)25-18/h6-7,9,16,19H,4-5,8,10-11H2,1-3H3/t16-/m1/s1. The smallest absolute Gasteiger partial charge is 0.233 e. The second kappa shape index (κ2) is 8.19. The summed E-state index contributed by atoms with van der Waals surface area (Å²) >= 11 is 3.02. The van der Waals surface area contributed by atoms with Gasteiger partial charge in [-0.2, -0.15) is 0 Å². The molecule has 1 saturated heterocycles. The molecule has 5 nitrogen and oxygen atoms in total. The van der Waals surface area contributed by atoms with Crippen LogP contribution in [0.4, 0.5) is 5.69 Å². The summed E-state index contributed by atoms with van der Waals surface area (Å²) in [5.41, 5.74) is 3.73. The van der Waals surface area contributed by atoms with Crippen LogP contribution >= 0.6 is 23.1 Å². The van der Waals surface area contributed by atoms with Crippen molar-refractivity contribution >= 4 is 34.7 Å². The monoisotopic (exact) mass is 376 g/mol. The largest absolute Gasteiger partial charge is 0.381 e. The maximum atomic E-state index is 12.5. The fourth-order valence-electron chi connectivity index (χ4n) is 2.94. The predicted octanol–water partition coefficient (Wildman–Crippen LogP) is 3.66. The minimum atomic E-state index is 0.185. The molecule has 1 aliphatic rings. The molecular weight excluding hydrogens is 352 g/mol. The van der Waals surface area contributed by atoms with Gasteiger partial charge in [0.2, 0.25) is 5.91 Å². The number of rotatable bonds is 5. The van der Waals surface area contributed by atoms with Crippen LogP contribution in [0.2, 0.25) is 0 Å². The number of nitrogens with one attached hydrogen (secondary N) is 1. The Labute approximate surface area is 157 Å². The quantitative estimate of drug-likeness (QED) is 0.807. The van der Waals surface area contributed by atoms with E-state index in [0.29, 0.717) is 11.8 Å². The van der Waals surface area contributed by atoms with Crippen molar-refractivity contribution in [3.8, 4) is 0 Å². The summed E-state index contributed by atoms with van der Waals surface area (Å²) < 4.78 is 0.868. The number of carbonyl (C=O) groups is 1. The van der Waals surface area contributed by atoms with Crippen LogP contribution in [0.3, 0.4) is 0 Å². The van der Waals surface area contributed by atoms with E-state index >= 15 is 0 Å². The van der Waals surface area contributed by atoms with Crippen LogP contribution in [-0.4, -0.2) is 45.9 Å². The van der Waals surface area contributed by atoms with Crippen molar-refractivity contribution in [3.05, 3.63) is 34.3 Å². The predicted molar refractivity (Wildman–Crippen MR) is 105 cm³/mol. The zero-order valence-electron chi connectivity index (χ0n) is 14.9. The van der Waals surface area contributed by atoms with Gasteiger partial charge in [0.05, 0.1) is 5.75 Å². The molecule has 1 amide bonds. The topological polar surface area (TPSA) is 58.1 Å². The third kappa shape index (κ3) is 4.95. The normalized spacial score (nSPS) is 17.6. The van der Waals surface area contributed by atoms with Gasteiger partial charge in [0.15, 0.2) is 4.34 Å². The Kier molecular flexibility index (Phi) is 5.96. The highest BCUT2D eigenvalue weighted by atomic mass is 32.2. The van der Waals surface area contributed by atoms with E-state index in [1.54, 1.807) is 0 Å². The van der Waals surface area contributed by atoms with Crippen molar-refractivity contribution in [2.24, 2.45) is 0 Å². The number of aryl methyl sites for hydroxylation is 3. The van der Waals surface area contributed by atoms with E-state index in [0.717, 1.165) is 41.0 Å². The van der Waals surface area contributed by atoms with Gasteiger partial charge in [-0.1, -0.05) is 29.2 Å². The van der Waals surface area contributed by atoms with Crippen molar-refractivity contribution in [1.82, 2.24) is 15.1 Å². The van der Waals surface area contributed by atoms with E-state index in [2.05, 4.69) is 47.6 Å². The molecule has 0 radical (unpaired) electrons. The number of thioether (sulfide) groups is 1. The first kappa shape index (κ1) is 18.2. The molecule has 134 valence electrons. The van der Waals surface area contributed by atoms with E-state index in [1.807, 2.05) is 11.8 Å². The van der Waals surface area contributed by atoms with E-state index in [-0.39, 0.29) is 5.91 Å². The molecule has 1 aromatic heterocycles. The van der Waals surface area contributed by atoms with E-state index < -0.39 is 0 Å². The lowest BCUT2D eigenvalue weighted by atomic mass is 10.0. The molecule has 25 heavy (non-hydrogen) atoms. The highest BCUT2D eigenvalue weighted by Crippen LogP contribution is 2.23. The Morgan fingerprint density at radius 1 is 1.32 bits per heavy atom. The molecule has 2 heterocycles. The van der Waals surface area contributed by atoms with Gasteiger partial charge in [0, 0.05) is 24.8 Å². The summed E-state index contributed by atoms with van der Waals surface area (Å²) in [4.78, 5) is 14.5. The molecule has 0 spiro atoms. The van der Waals surface area contributed by atoms with Crippen LogP contribution < -0.4 is 5.32 Å². The molecule has 2 aromatic rings. The molecule has 1 aliphatic heterocycles. The Balaban J connectivity index is 1.53. The van der Waals surface area contributed by atoms with Crippen molar-refractivity contribution in [2.75, 3.05) is 24.2 Å². The zero-order chi connectivity index (χ0) is 17.8. The molecule has 3 rings (SSSR count). The maximum absolute atomic E-state index is 12.5. The van der Waals surface area contributed by atoms with E-state index in [9.17, 15) is 4.79 Å². The van der Waals surface area contributed by atoms with Gasteiger partial charge < -0.3 is 10.2 Å². The summed E-state index contributed by atoms with van der Waals surface area (Å²) in [5.74, 6) is 0.620. The van der Waals surface area contributed by atoms with Crippen molar-refractivity contribution in [1.29, 1.82) is 0 Å². The highest BCUT2D eigenvalue weighted by Gasteiger charge is 2.24. The van der Waals surface area contributed by atoms with E-state index in [1.165, 1.54) is 34.2 Å². The van der Waals surface area contributed by atoms with Crippen LogP contribution in [0, 0.1) is 20.8 Å². The third-order valence-corrected chi connectivity index (χ3v) is 6.44. The molecule has 1 aromatic carbocycles. The van der Waals surface area contributed by atoms with E-state index in [4.69, 9.17) is 0 Å². The Morgan fingerprint density at radius 3 is 2.88 bits per heavy atom. The Morgan fingerprint density at radius 2 is 2.16 bits per heavy atom. The van der Waals surface area contributed by atoms with Gasteiger partial charge in [0.25, 0.3) is 0 Å². The minimum Gasteiger partial charge on any atom is -0.381 e. The molecular formula is C18H24N4OS2. The molecule has 1 atom stereocenters. The van der Waals surface area contributed by atoms with Gasteiger partial charge >= 0.3 is 0 Å². The first-order valence-corrected chi connectivity index (χ1v) is 10.4. The fraction of sp³-hybridized carbons (Fsp3) is 0.500. The second-order valence-corrected chi connectivity index (χ2v) is 8.90. The first-order valence-electron chi connectivity index (χ1n) is 8.56. The van der Waals surface area contributed by atoms with Crippen LogP contribution in [-0.2, 0) is 4.79 Å². The molecule has 0 saturated carbocycles. The number of amides is 1. The number of likely N-dealkylation sites (tertiary alicyclic amines) is 1. The molecule has 0 bridgehead atoms. The Bertz CT molecular complexity index is 746. The average Bonchev–Trinajstić information content (AvgIpc) is 3.02. The Hall–Kier alpha value is -1.60. The SMILES string of the molecule is Cc1nnc(SCC(=O)N2CCC[C@@H](Nc3ccc(C)c(C)c3)C2)s1. The van der Waals surface area contributed by atoms with Gasteiger partial charge in [0.1, 0.15) is 5.01 Å². The number of aromatic nitrogens is 2. The van der Waals surface area contributed by atoms with Gasteiger partial charge in [-0.05, 0) is 56.9 Å². The average molecular weight is 377 g/mol. The number of hydrogen-bond acceptors (Lipinski definition) is 6. The molecule has 0 unspecified atom stereocenters. The summed E-state index contributed by atoms with van der Waals surface area (Å²) in [6.07, 6.45) is 2.14. The summed E-state index contributed by atoms with van der Waals surface area (Å²) in [6, 6.07) is 6.76. The van der Waals surface area contributed by atoms with Crippen molar-refractivity contribution in [2.45, 2.75) is 44.0 Å². The summed E-state index contributed by atoms with van der Waals surface area (Å²) in [7, 11) is 0. The van der Waals surface area contributed by atoms with Crippen LogP contribution in [0.5, 0.6) is 0 Å². The number of hydrogen-bond donors (Lipinski definition) is 1. The molecule has 1 fully saturated rings. The second-order valence-electron chi connectivity index (χ2n) is 6.50. The molecule has 1 N–H and O–H groups in total. The third-order valence-electron chi connectivity index (χ3n) is 4.48. The van der Waals surface area contributed by atoms with Crippen LogP contribution in [0.25, 0.3) is 0 Å². The number of anilines is 1. The lowest BCUT2D eigenvalue weighted by molar-refractivity contribution is -0.129. The number of benzene rings is 1. The minimum absolute atomic E-state index is 0.185. The highest BCUT2D eigenvalue weighted by molar-refractivity contribution is 8.01. The first-order chi connectivity index (χ1) is 12.0. The van der Waals surface area contributed by atoms with Crippen LogP contribution in [0.15, 0.2) is 22.5 Å². The summed E-state index contributed by atoms with van der Waals surface area (Å²) in [6.45, 7) is 7.79. The molecule has 7 heteroatoms. The zero-order valence-corrected chi connectivity index (χ0v) is 16.5. The van der Waals surface area contributed by atoms with Gasteiger partial charge in [-0.3, -0.25) is 4.79 Å². The number of piperidine rings is 1. The van der Waals surface area contributed by atoms with Crippen molar-refractivity contribution < 1.29 is 4.79 Å². The number of nitrogens with zero attached hydrogens (tertiary/aromatic N) is 3. The lowest BCUT2D eigenvalue weighted by Crippen LogP contribution is -2.45. The number of carbonyl (C=O) groups excluding carboxylic acids is 1. The van der Waals surface area contributed by atoms with Gasteiger partial charge in [-0.15, -0.1) is 10.2 Å².